The summed E-state index contributed by atoms with van der Waals surface area (Å²) in [5.41, 5.74) is 5.74. The van der Waals surface area contributed by atoms with Crippen molar-refractivity contribution in [3.05, 3.63) is 17.5 Å². The summed E-state index contributed by atoms with van der Waals surface area (Å²) in [4.78, 5) is 4.23. The lowest BCUT2D eigenvalue weighted by atomic mass is 10.1. The minimum absolute atomic E-state index is 0.271. The fourth-order valence-electron chi connectivity index (χ4n) is 2.01. The first kappa shape index (κ1) is 19.9. The van der Waals surface area contributed by atoms with Crippen molar-refractivity contribution in [2.45, 2.75) is 49.7 Å². The summed E-state index contributed by atoms with van der Waals surface area (Å²) in [5, 5.41) is 4.65. The fraction of sp³-hybridized carbons (Fsp3) is 0.667. The number of hydrogen-bond acceptors (Lipinski definition) is 4. The Bertz CT molecular complexity index is 542. The van der Waals surface area contributed by atoms with Gasteiger partial charge in [-0.3, -0.25) is 4.99 Å². The van der Waals surface area contributed by atoms with Crippen LogP contribution in [0.1, 0.15) is 45.4 Å². The van der Waals surface area contributed by atoms with Crippen LogP contribution in [0.5, 0.6) is 0 Å². The second-order valence-electron chi connectivity index (χ2n) is 5.29. The van der Waals surface area contributed by atoms with E-state index >= 15 is 0 Å². The fourth-order valence-corrected chi connectivity index (χ4v) is 4.08. The molecule has 0 aliphatic rings. The number of sulfonamides is 1. The van der Waals surface area contributed by atoms with E-state index in [9.17, 15) is 8.42 Å². The Kier molecular flexibility index (Phi) is 9.89. The van der Waals surface area contributed by atoms with Gasteiger partial charge in [-0.1, -0.05) is 45.1 Å². The van der Waals surface area contributed by atoms with Crippen molar-refractivity contribution in [2.24, 2.45) is 10.7 Å². The minimum atomic E-state index is -3.40. The second-order valence-corrected chi connectivity index (χ2v) is 8.23. The first-order valence-electron chi connectivity index (χ1n) is 8.13. The maximum absolute atomic E-state index is 11.9. The Morgan fingerprint density at radius 2 is 1.96 bits per heavy atom. The second kappa shape index (κ2) is 11.4. The van der Waals surface area contributed by atoms with Crippen LogP contribution in [-0.2, 0) is 10.0 Å². The summed E-state index contributed by atoms with van der Waals surface area (Å²) in [6.45, 7) is 3.60. The van der Waals surface area contributed by atoms with Crippen LogP contribution in [0.4, 0.5) is 0 Å². The van der Waals surface area contributed by atoms with Crippen LogP contribution in [0.3, 0.4) is 0 Å². The van der Waals surface area contributed by atoms with Crippen LogP contribution < -0.4 is 15.8 Å². The molecule has 132 valence electrons. The van der Waals surface area contributed by atoms with Crippen molar-refractivity contribution >= 4 is 27.3 Å². The van der Waals surface area contributed by atoms with E-state index in [0.29, 0.717) is 23.3 Å². The summed E-state index contributed by atoms with van der Waals surface area (Å²) in [6, 6.07) is 3.29. The van der Waals surface area contributed by atoms with Gasteiger partial charge in [-0.2, -0.15) is 0 Å². The molecular weight excluding hydrogens is 332 g/mol. The zero-order valence-corrected chi connectivity index (χ0v) is 15.4. The SMILES string of the molecule is CCCCCCCCN=C(N)NCCNS(=O)(=O)c1cccs1. The Hall–Kier alpha value is -1.12. The molecule has 0 fully saturated rings. The number of hydrogen-bond donors (Lipinski definition) is 3. The first-order chi connectivity index (χ1) is 11.1. The third kappa shape index (κ3) is 8.92. The molecular formula is C15H28N4O2S2. The number of nitrogens with zero attached hydrogens (tertiary/aromatic N) is 1. The number of guanidine groups is 1. The summed E-state index contributed by atoms with van der Waals surface area (Å²) < 4.78 is 26.6. The number of nitrogens with one attached hydrogen (secondary N) is 2. The summed E-state index contributed by atoms with van der Waals surface area (Å²) >= 11 is 1.20. The highest BCUT2D eigenvalue weighted by molar-refractivity contribution is 7.91. The smallest absolute Gasteiger partial charge is 0.250 e. The molecule has 0 saturated carbocycles. The number of nitrogens with two attached hydrogens (primary N) is 1. The van der Waals surface area contributed by atoms with Crippen LogP contribution in [0.15, 0.2) is 26.7 Å². The molecule has 0 unspecified atom stereocenters. The van der Waals surface area contributed by atoms with E-state index in [1.165, 1.54) is 43.4 Å². The van der Waals surface area contributed by atoms with Crippen molar-refractivity contribution < 1.29 is 8.42 Å². The van der Waals surface area contributed by atoms with Gasteiger partial charge in [0.2, 0.25) is 10.0 Å². The van der Waals surface area contributed by atoms with E-state index in [1.807, 2.05) is 0 Å². The van der Waals surface area contributed by atoms with Crippen molar-refractivity contribution in [1.29, 1.82) is 0 Å². The molecule has 0 bridgehead atoms. The predicted molar refractivity (Wildman–Crippen MR) is 97.4 cm³/mol. The molecule has 1 rings (SSSR count). The molecule has 0 saturated heterocycles. The van der Waals surface area contributed by atoms with E-state index in [1.54, 1.807) is 17.5 Å². The molecule has 23 heavy (non-hydrogen) atoms. The summed E-state index contributed by atoms with van der Waals surface area (Å²) in [6.07, 6.45) is 7.31. The Labute approximate surface area is 143 Å². The molecule has 1 aromatic heterocycles. The van der Waals surface area contributed by atoms with E-state index in [2.05, 4.69) is 22.0 Å². The van der Waals surface area contributed by atoms with Gasteiger partial charge < -0.3 is 11.1 Å². The van der Waals surface area contributed by atoms with Gasteiger partial charge >= 0.3 is 0 Å². The molecule has 8 heteroatoms. The number of rotatable bonds is 12. The van der Waals surface area contributed by atoms with E-state index in [0.717, 1.165) is 6.42 Å². The van der Waals surface area contributed by atoms with Crippen molar-refractivity contribution in [3.63, 3.8) is 0 Å². The van der Waals surface area contributed by atoms with Gasteiger partial charge in [-0.15, -0.1) is 11.3 Å². The van der Waals surface area contributed by atoms with Crippen molar-refractivity contribution in [1.82, 2.24) is 10.0 Å². The molecule has 1 heterocycles. The normalized spacial score (nSPS) is 12.5. The van der Waals surface area contributed by atoms with Gasteiger partial charge in [0.05, 0.1) is 0 Å². The van der Waals surface area contributed by atoms with Crippen molar-refractivity contribution in [3.8, 4) is 0 Å². The minimum Gasteiger partial charge on any atom is -0.370 e. The van der Waals surface area contributed by atoms with Crippen LogP contribution in [0, 0.1) is 0 Å². The van der Waals surface area contributed by atoms with Gasteiger partial charge in [-0.25, -0.2) is 13.1 Å². The molecule has 0 amide bonds. The Balaban J connectivity index is 2.09. The van der Waals surface area contributed by atoms with E-state index in [4.69, 9.17) is 5.73 Å². The standard InChI is InChI=1S/C15H28N4O2S2/c1-2-3-4-5-6-7-10-17-15(16)18-11-12-19-23(20,21)14-9-8-13-22-14/h8-9,13,19H,2-7,10-12H2,1H3,(H3,16,17,18). The van der Waals surface area contributed by atoms with E-state index < -0.39 is 10.0 Å². The molecule has 0 atom stereocenters. The van der Waals surface area contributed by atoms with Gasteiger partial charge in [0.25, 0.3) is 0 Å². The maximum atomic E-state index is 11.9. The van der Waals surface area contributed by atoms with Crippen molar-refractivity contribution in [2.75, 3.05) is 19.6 Å². The molecule has 0 aromatic carbocycles. The lowest BCUT2D eigenvalue weighted by Gasteiger charge is -2.07. The van der Waals surface area contributed by atoms with Gasteiger partial charge in [0, 0.05) is 19.6 Å². The predicted octanol–water partition coefficient (Wildman–Crippen LogP) is 2.29. The van der Waals surface area contributed by atoms with Crippen LogP contribution in [0.2, 0.25) is 0 Å². The maximum Gasteiger partial charge on any atom is 0.250 e. The monoisotopic (exact) mass is 360 g/mol. The quantitative estimate of drug-likeness (QED) is 0.303. The third-order valence-corrected chi connectivity index (χ3v) is 6.14. The molecule has 0 aliphatic carbocycles. The topological polar surface area (TPSA) is 96.6 Å². The third-order valence-electron chi connectivity index (χ3n) is 3.28. The van der Waals surface area contributed by atoms with E-state index in [-0.39, 0.29) is 6.54 Å². The summed E-state index contributed by atoms with van der Waals surface area (Å²) in [5.74, 6) is 0.369. The largest absolute Gasteiger partial charge is 0.370 e. The highest BCUT2D eigenvalue weighted by Crippen LogP contribution is 2.14. The van der Waals surface area contributed by atoms with Gasteiger partial charge in [0.1, 0.15) is 4.21 Å². The first-order valence-corrected chi connectivity index (χ1v) is 10.5. The average molecular weight is 361 g/mol. The number of unbranched alkanes of at least 4 members (excludes halogenated alkanes) is 5. The Morgan fingerprint density at radius 1 is 1.22 bits per heavy atom. The molecule has 6 nitrogen and oxygen atoms in total. The molecule has 1 aromatic rings. The average Bonchev–Trinajstić information content (AvgIpc) is 3.06. The van der Waals surface area contributed by atoms with Crippen LogP contribution >= 0.6 is 11.3 Å². The highest BCUT2D eigenvalue weighted by Gasteiger charge is 2.13. The molecule has 0 radical (unpaired) electrons. The van der Waals surface area contributed by atoms with Crippen LogP contribution in [-0.4, -0.2) is 34.0 Å². The Morgan fingerprint density at radius 3 is 2.65 bits per heavy atom. The number of thiophene rings is 1. The highest BCUT2D eigenvalue weighted by atomic mass is 32.2. The number of aliphatic imine (C=N–C) groups is 1. The van der Waals surface area contributed by atoms with Gasteiger partial charge in [0.15, 0.2) is 5.96 Å². The summed E-state index contributed by atoms with van der Waals surface area (Å²) in [7, 11) is -3.40. The zero-order valence-electron chi connectivity index (χ0n) is 13.8. The molecule has 0 spiro atoms. The van der Waals surface area contributed by atoms with Crippen LogP contribution in [0.25, 0.3) is 0 Å². The van der Waals surface area contributed by atoms with Gasteiger partial charge in [-0.05, 0) is 17.9 Å². The lowest BCUT2D eigenvalue weighted by Crippen LogP contribution is -2.38. The molecule has 0 aliphatic heterocycles. The lowest BCUT2D eigenvalue weighted by molar-refractivity contribution is 0.583. The zero-order chi connectivity index (χ0) is 17.0. The molecule has 4 N–H and O–H groups in total.